The highest BCUT2D eigenvalue weighted by atomic mass is 79.9. The maximum absolute atomic E-state index is 12.4. The normalized spacial score (nSPS) is 11.3. The molecule has 2 aromatic rings. The molecule has 0 spiro atoms. The van der Waals surface area contributed by atoms with E-state index in [4.69, 9.17) is 9.47 Å². The average Bonchev–Trinajstić information content (AvgIpc) is 2.72. The second-order valence-electron chi connectivity index (χ2n) is 6.07. The smallest absolute Gasteiger partial charge is 0.307 e. The minimum absolute atomic E-state index is 0.0280. The maximum atomic E-state index is 12.4. The number of carbonyl (C=O) groups excluding carboxylic acids is 3. The van der Waals surface area contributed by atoms with Crippen molar-refractivity contribution >= 4 is 33.7 Å². The Balaban J connectivity index is 2.02. The molecule has 0 aliphatic rings. The number of nitrogens with one attached hydrogen (secondary N) is 2. The number of esters is 1. The van der Waals surface area contributed by atoms with Gasteiger partial charge < -0.3 is 20.1 Å². The first-order valence-corrected chi connectivity index (χ1v) is 9.85. The topological polar surface area (TPSA) is 93.7 Å². The molecule has 0 radical (unpaired) electrons. The molecule has 29 heavy (non-hydrogen) atoms. The highest BCUT2D eigenvalue weighted by molar-refractivity contribution is 9.10. The number of halogens is 1. The fourth-order valence-electron chi connectivity index (χ4n) is 2.66. The van der Waals surface area contributed by atoms with E-state index >= 15 is 0 Å². The Hall–Kier alpha value is -2.87. The van der Waals surface area contributed by atoms with Crippen molar-refractivity contribution in [3.8, 4) is 5.75 Å². The second-order valence-corrected chi connectivity index (χ2v) is 6.98. The van der Waals surface area contributed by atoms with Gasteiger partial charge in [-0.05, 0) is 36.8 Å². The minimum atomic E-state index is -0.583. The summed E-state index contributed by atoms with van der Waals surface area (Å²) in [6, 6.07) is 13.5. The predicted octanol–water partition coefficient (Wildman–Crippen LogP) is 3.00. The van der Waals surface area contributed by atoms with E-state index in [1.54, 1.807) is 30.3 Å². The molecule has 8 heteroatoms. The maximum Gasteiger partial charge on any atom is 0.307 e. The van der Waals surface area contributed by atoms with E-state index in [2.05, 4.69) is 26.6 Å². The van der Waals surface area contributed by atoms with Gasteiger partial charge in [-0.2, -0.15) is 0 Å². The van der Waals surface area contributed by atoms with Gasteiger partial charge in [-0.1, -0.05) is 40.2 Å². The highest BCUT2D eigenvalue weighted by Gasteiger charge is 2.20. The van der Waals surface area contributed by atoms with Crippen molar-refractivity contribution in [2.24, 2.45) is 0 Å². The number of methoxy groups -OCH3 is 1. The molecule has 0 aliphatic carbocycles. The van der Waals surface area contributed by atoms with Crippen LogP contribution in [-0.4, -0.2) is 38.0 Å². The van der Waals surface area contributed by atoms with E-state index in [0.29, 0.717) is 17.9 Å². The van der Waals surface area contributed by atoms with Gasteiger partial charge in [0.25, 0.3) is 5.91 Å². The summed E-state index contributed by atoms with van der Waals surface area (Å²) in [4.78, 5) is 36.6. The molecular weight excluding hydrogens is 440 g/mol. The van der Waals surface area contributed by atoms with Crippen LogP contribution in [0.25, 0.3) is 0 Å². The Morgan fingerprint density at radius 3 is 2.55 bits per heavy atom. The van der Waals surface area contributed by atoms with Crippen LogP contribution in [0.4, 0.5) is 0 Å². The van der Waals surface area contributed by atoms with Gasteiger partial charge in [-0.15, -0.1) is 0 Å². The lowest BCUT2D eigenvalue weighted by Gasteiger charge is -2.19. The first-order chi connectivity index (χ1) is 13.9. The lowest BCUT2D eigenvalue weighted by Crippen LogP contribution is -2.39. The summed E-state index contributed by atoms with van der Waals surface area (Å²) >= 11 is 3.38. The van der Waals surface area contributed by atoms with Crippen LogP contribution in [0.3, 0.4) is 0 Å². The summed E-state index contributed by atoms with van der Waals surface area (Å²) < 4.78 is 11.0. The fourth-order valence-corrected chi connectivity index (χ4v) is 3.08. The molecule has 1 atom stereocenters. The van der Waals surface area contributed by atoms with Gasteiger partial charge in [0.05, 0.1) is 38.3 Å². The van der Waals surface area contributed by atoms with Gasteiger partial charge in [0.1, 0.15) is 5.75 Å². The van der Waals surface area contributed by atoms with Gasteiger partial charge in [-0.25, -0.2) is 0 Å². The van der Waals surface area contributed by atoms with Gasteiger partial charge in [-0.3, -0.25) is 14.4 Å². The quantitative estimate of drug-likeness (QED) is 0.558. The third kappa shape index (κ3) is 6.90. The molecule has 154 valence electrons. The summed E-state index contributed by atoms with van der Waals surface area (Å²) in [5, 5.41) is 5.34. The van der Waals surface area contributed by atoms with Crippen molar-refractivity contribution in [3.63, 3.8) is 0 Å². The van der Waals surface area contributed by atoms with Crippen molar-refractivity contribution in [3.05, 3.63) is 64.1 Å². The molecule has 0 fully saturated rings. The molecule has 2 amide bonds. The first-order valence-electron chi connectivity index (χ1n) is 9.06. The molecule has 1 unspecified atom stereocenters. The van der Waals surface area contributed by atoms with Crippen LogP contribution in [0.5, 0.6) is 5.75 Å². The van der Waals surface area contributed by atoms with E-state index in [0.717, 1.165) is 10.0 Å². The second kappa shape index (κ2) is 11.2. The Morgan fingerprint density at radius 2 is 1.86 bits per heavy atom. The standard InChI is InChI=1S/C21H23BrN2O5/c1-3-29-18-10-5-4-9-16(18)21(27)23-13-19(25)24-17(12-20(26)28-2)14-7-6-8-15(22)11-14/h4-11,17H,3,12-13H2,1-2H3,(H,23,27)(H,24,25). The van der Waals surface area contributed by atoms with Crippen LogP contribution in [0.15, 0.2) is 53.0 Å². The predicted molar refractivity (Wildman–Crippen MR) is 112 cm³/mol. The Kier molecular flexibility index (Phi) is 8.67. The molecule has 2 rings (SSSR count). The first kappa shape index (κ1) is 22.4. The number of para-hydroxylation sites is 1. The SMILES string of the molecule is CCOc1ccccc1C(=O)NCC(=O)NC(CC(=O)OC)c1cccc(Br)c1. The number of amides is 2. The zero-order valence-electron chi connectivity index (χ0n) is 16.2. The third-order valence-corrected chi connectivity index (χ3v) is 4.52. The van der Waals surface area contributed by atoms with Crippen LogP contribution in [0.1, 0.15) is 35.3 Å². The van der Waals surface area contributed by atoms with Crippen LogP contribution in [-0.2, 0) is 14.3 Å². The zero-order valence-corrected chi connectivity index (χ0v) is 17.8. The third-order valence-electron chi connectivity index (χ3n) is 4.03. The van der Waals surface area contributed by atoms with Gasteiger partial charge in [0.15, 0.2) is 0 Å². The summed E-state index contributed by atoms with van der Waals surface area (Å²) in [5.41, 5.74) is 1.09. The van der Waals surface area contributed by atoms with Crippen LogP contribution < -0.4 is 15.4 Å². The summed E-state index contributed by atoms with van der Waals surface area (Å²) in [5.74, 6) is -0.854. The van der Waals surface area contributed by atoms with Gasteiger partial charge >= 0.3 is 5.97 Å². The minimum Gasteiger partial charge on any atom is -0.493 e. The molecule has 2 N–H and O–H groups in total. The molecule has 0 aromatic heterocycles. The Morgan fingerprint density at radius 1 is 1.10 bits per heavy atom. The molecule has 0 heterocycles. The van der Waals surface area contributed by atoms with Gasteiger partial charge in [0, 0.05) is 4.47 Å². The van der Waals surface area contributed by atoms with Crippen LogP contribution in [0, 0.1) is 0 Å². The summed E-state index contributed by atoms with van der Waals surface area (Å²) in [7, 11) is 1.29. The summed E-state index contributed by atoms with van der Waals surface area (Å²) in [6.45, 7) is 2.00. The van der Waals surface area contributed by atoms with Crippen molar-refractivity contribution in [2.75, 3.05) is 20.3 Å². The molecule has 0 bridgehead atoms. The molecule has 7 nitrogen and oxygen atoms in total. The Bertz CT molecular complexity index is 872. The van der Waals surface area contributed by atoms with Gasteiger partial charge in [0.2, 0.25) is 5.91 Å². The number of benzene rings is 2. The van der Waals surface area contributed by atoms with E-state index < -0.39 is 23.8 Å². The monoisotopic (exact) mass is 462 g/mol. The van der Waals surface area contributed by atoms with E-state index in [9.17, 15) is 14.4 Å². The Labute approximate surface area is 177 Å². The molecule has 0 saturated heterocycles. The number of hydrogen-bond donors (Lipinski definition) is 2. The molecular formula is C21H23BrN2O5. The lowest BCUT2D eigenvalue weighted by molar-refractivity contribution is -0.141. The fraction of sp³-hybridized carbons (Fsp3) is 0.286. The largest absolute Gasteiger partial charge is 0.493 e. The summed E-state index contributed by atoms with van der Waals surface area (Å²) in [6.07, 6.45) is -0.0280. The van der Waals surface area contributed by atoms with Crippen LogP contribution >= 0.6 is 15.9 Å². The van der Waals surface area contributed by atoms with E-state index in [-0.39, 0.29) is 13.0 Å². The lowest BCUT2D eigenvalue weighted by atomic mass is 10.0. The van der Waals surface area contributed by atoms with Crippen LogP contribution in [0.2, 0.25) is 0 Å². The zero-order chi connectivity index (χ0) is 21.2. The molecule has 0 saturated carbocycles. The number of carbonyl (C=O) groups is 3. The number of rotatable bonds is 9. The van der Waals surface area contributed by atoms with E-state index in [1.165, 1.54) is 7.11 Å². The number of ether oxygens (including phenoxy) is 2. The van der Waals surface area contributed by atoms with Crippen molar-refractivity contribution < 1.29 is 23.9 Å². The van der Waals surface area contributed by atoms with E-state index in [1.807, 2.05) is 25.1 Å². The number of hydrogen-bond acceptors (Lipinski definition) is 5. The highest BCUT2D eigenvalue weighted by Crippen LogP contribution is 2.21. The average molecular weight is 463 g/mol. The van der Waals surface area contributed by atoms with Crippen molar-refractivity contribution in [2.45, 2.75) is 19.4 Å². The van der Waals surface area contributed by atoms with Crippen molar-refractivity contribution in [1.82, 2.24) is 10.6 Å². The molecule has 2 aromatic carbocycles. The molecule has 0 aliphatic heterocycles. The van der Waals surface area contributed by atoms with Crippen molar-refractivity contribution in [1.29, 1.82) is 0 Å².